The Kier molecular flexibility index (Phi) is 5.07. The van der Waals surface area contributed by atoms with Crippen LogP contribution in [0, 0.1) is 11.3 Å². The van der Waals surface area contributed by atoms with Crippen LogP contribution in [0.2, 0.25) is 0 Å². The van der Waals surface area contributed by atoms with Crippen molar-refractivity contribution < 1.29 is 4.79 Å². The van der Waals surface area contributed by atoms with E-state index in [4.69, 9.17) is 0 Å². The van der Waals surface area contributed by atoms with E-state index in [1.54, 1.807) is 0 Å². The molecule has 2 saturated carbocycles. The molecule has 0 saturated heterocycles. The first-order valence-corrected chi connectivity index (χ1v) is 7.74. The average Bonchev–Trinajstić information content (AvgIpc) is 2.66. The summed E-state index contributed by atoms with van der Waals surface area (Å²) in [6, 6.07) is 2.51. The Morgan fingerprint density at radius 3 is 2.16 bits per heavy atom. The molecule has 2 aliphatic rings. The van der Waals surface area contributed by atoms with Gasteiger partial charge in [0.1, 0.15) is 5.54 Å². The van der Waals surface area contributed by atoms with Gasteiger partial charge in [0.25, 0.3) is 0 Å². The van der Waals surface area contributed by atoms with Crippen molar-refractivity contribution in [3.63, 3.8) is 0 Å². The minimum Gasteiger partial charge on any atom is -0.335 e. The molecule has 106 valence electrons. The first kappa shape index (κ1) is 14.2. The van der Waals surface area contributed by atoms with E-state index in [1.807, 2.05) is 0 Å². The van der Waals surface area contributed by atoms with Gasteiger partial charge in [-0.05, 0) is 25.7 Å². The van der Waals surface area contributed by atoms with Gasteiger partial charge >= 0.3 is 6.03 Å². The maximum atomic E-state index is 12.1. The van der Waals surface area contributed by atoms with E-state index in [0.717, 1.165) is 38.5 Å². The fourth-order valence-electron chi connectivity index (χ4n) is 3.28. The number of hydrogen-bond acceptors (Lipinski definition) is 2. The molecule has 0 aromatic carbocycles. The van der Waals surface area contributed by atoms with E-state index >= 15 is 0 Å². The van der Waals surface area contributed by atoms with Crippen molar-refractivity contribution in [2.45, 2.75) is 82.2 Å². The molecule has 0 atom stereocenters. The molecule has 0 bridgehead atoms. The van der Waals surface area contributed by atoms with Gasteiger partial charge in [0.05, 0.1) is 6.07 Å². The van der Waals surface area contributed by atoms with Crippen LogP contribution in [0.5, 0.6) is 0 Å². The van der Waals surface area contributed by atoms with Crippen molar-refractivity contribution >= 4 is 6.03 Å². The zero-order chi connectivity index (χ0) is 13.6. The third-order valence-corrected chi connectivity index (χ3v) is 4.46. The molecule has 2 fully saturated rings. The monoisotopic (exact) mass is 263 g/mol. The number of nitriles is 1. The Morgan fingerprint density at radius 1 is 1.00 bits per heavy atom. The van der Waals surface area contributed by atoms with Crippen LogP contribution in [0.4, 0.5) is 4.79 Å². The van der Waals surface area contributed by atoms with Crippen LogP contribution in [0.1, 0.15) is 70.6 Å². The van der Waals surface area contributed by atoms with Crippen LogP contribution < -0.4 is 10.6 Å². The quantitative estimate of drug-likeness (QED) is 0.751. The van der Waals surface area contributed by atoms with Crippen molar-refractivity contribution in [1.82, 2.24) is 10.6 Å². The molecule has 0 aliphatic heterocycles. The molecule has 2 N–H and O–H groups in total. The van der Waals surface area contributed by atoms with Crippen molar-refractivity contribution in [2.75, 3.05) is 0 Å². The highest BCUT2D eigenvalue weighted by Gasteiger charge is 2.33. The molecule has 0 heterocycles. The molecule has 2 aliphatic carbocycles. The molecule has 0 unspecified atom stereocenters. The van der Waals surface area contributed by atoms with Crippen LogP contribution in [-0.4, -0.2) is 17.6 Å². The highest BCUT2D eigenvalue weighted by Crippen LogP contribution is 2.26. The smallest absolute Gasteiger partial charge is 0.316 e. The molecule has 0 spiro atoms. The topological polar surface area (TPSA) is 64.9 Å². The number of urea groups is 1. The average molecular weight is 263 g/mol. The molecule has 0 aromatic rings. The fourth-order valence-corrected chi connectivity index (χ4v) is 3.28. The molecule has 0 aromatic heterocycles. The molecule has 4 nitrogen and oxygen atoms in total. The second kappa shape index (κ2) is 6.79. The second-order valence-corrected chi connectivity index (χ2v) is 6.04. The summed E-state index contributed by atoms with van der Waals surface area (Å²) in [6.07, 6.45) is 11.9. The second-order valence-electron chi connectivity index (χ2n) is 6.04. The van der Waals surface area contributed by atoms with Gasteiger partial charge in [0.15, 0.2) is 0 Å². The van der Waals surface area contributed by atoms with Crippen LogP contribution in [0.15, 0.2) is 0 Å². The Bertz CT molecular complexity index is 334. The van der Waals surface area contributed by atoms with Gasteiger partial charge in [-0.2, -0.15) is 5.26 Å². The van der Waals surface area contributed by atoms with Crippen molar-refractivity contribution in [2.24, 2.45) is 0 Å². The Labute approximate surface area is 115 Å². The lowest BCUT2D eigenvalue weighted by Gasteiger charge is -2.29. The first-order valence-electron chi connectivity index (χ1n) is 7.74. The van der Waals surface area contributed by atoms with Crippen LogP contribution >= 0.6 is 0 Å². The summed E-state index contributed by atoms with van der Waals surface area (Å²) < 4.78 is 0. The highest BCUT2D eigenvalue weighted by atomic mass is 16.2. The summed E-state index contributed by atoms with van der Waals surface area (Å²) in [7, 11) is 0. The van der Waals surface area contributed by atoms with Gasteiger partial charge in [0, 0.05) is 6.04 Å². The number of rotatable bonds is 2. The largest absolute Gasteiger partial charge is 0.335 e. The Hall–Kier alpha value is -1.24. The molecule has 4 heteroatoms. The van der Waals surface area contributed by atoms with Crippen molar-refractivity contribution in [3.8, 4) is 6.07 Å². The normalized spacial score (nSPS) is 23.9. The van der Waals surface area contributed by atoms with Crippen LogP contribution in [0.3, 0.4) is 0 Å². The maximum Gasteiger partial charge on any atom is 0.316 e. The predicted octanol–water partition coefficient (Wildman–Crippen LogP) is 3.23. The summed E-state index contributed by atoms with van der Waals surface area (Å²) in [5.74, 6) is 0. The van der Waals surface area contributed by atoms with Gasteiger partial charge in [-0.1, -0.05) is 44.9 Å². The van der Waals surface area contributed by atoms with Crippen molar-refractivity contribution in [3.05, 3.63) is 0 Å². The number of nitrogens with one attached hydrogen (secondary N) is 2. The van der Waals surface area contributed by atoms with Gasteiger partial charge in [-0.3, -0.25) is 0 Å². The predicted molar refractivity (Wildman–Crippen MR) is 74.6 cm³/mol. The number of amides is 2. The van der Waals surface area contributed by atoms with E-state index in [0.29, 0.717) is 6.04 Å². The summed E-state index contributed by atoms with van der Waals surface area (Å²) in [6.45, 7) is 0. The standard InChI is InChI=1S/C15H25N3O/c16-12-15(10-6-1-2-7-11-15)18-14(19)17-13-8-4-3-5-9-13/h13H,1-11H2,(H2,17,18,19). The summed E-state index contributed by atoms with van der Waals surface area (Å²) in [5, 5.41) is 15.4. The molecular weight excluding hydrogens is 238 g/mol. The van der Waals surface area contributed by atoms with Gasteiger partial charge in [0.2, 0.25) is 0 Å². The number of hydrogen-bond donors (Lipinski definition) is 2. The number of carbonyl (C=O) groups excluding carboxylic acids is 1. The molecule has 19 heavy (non-hydrogen) atoms. The maximum absolute atomic E-state index is 12.1. The Morgan fingerprint density at radius 2 is 1.58 bits per heavy atom. The van der Waals surface area contributed by atoms with E-state index in [-0.39, 0.29) is 6.03 Å². The number of carbonyl (C=O) groups is 1. The molecule has 0 radical (unpaired) electrons. The minimum absolute atomic E-state index is 0.143. The zero-order valence-corrected chi connectivity index (χ0v) is 11.7. The lowest BCUT2D eigenvalue weighted by atomic mass is 9.92. The first-order chi connectivity index (χ1) is 9.24. The third-order valence-electron chi connectivity index (χ3n) is 4.46. The van der Waals surface area contributed by atoms with E-state index in [1.165, 1.54) is 32.1 Å². The van der Waals surface area contributed by atoms with E-state index < -0.39 is 5.54 Å². The van der Waals surface area contributed by atoms with E-state index in [2.05, 4.69) is 16.7 Å². The summed E-state index contributed by atoms with van der Waals surface area (Å²) in [5.41, 5.74) is -0.630. The van der Waals surface area contributed by atoms with Gasteiger partial charge < -0.3 is 10.6 Å². The minimum atomic E-state index is -0.630. The van der Waals surface area contributed by atoms with Crippen LogP contribution in [0.25, 0.3) is 0 Å². The highest BCUT2D eigenvalue weighted by molar-refractivity contribution is 5.75. The fraction of sp³-hybridized carbons (Fsp3) is 0.867. The summed E-state index contributed by atoms with van der Waals surface area (Å²) >= 11 is 0. The van der Waals surface area contributed by atoms with E-state index in [9.17, 15) is 10.1 Å². The summed E-state index contributed by atoms with van der Waals surface area (Å²) in [4.78, 5) is 12.1. The van der Waals surface area contributed by atoms with Crippen molar-refractivity contribution in [1.29, 1.82) is 5.26 Å². The van der Waals surface area contributed by atoms with Crippen LogP contribution in [-0.2, 0) is 0 Å². The SMILES string of the molecule is N#CC1(NC(=O)NC2CCCCC2)CCCCCC1. The third kappa shape index (κ3) is 4.12. The molecule has 2 rings (SSSR count). The lowest BCUT2D eigenvalue weighted by Crippen LogP contribution is -2.53. The zero-order valence-electron chi connectivity index (χ0n) is 11.7. The van der Waals surface area contributed by atoms with Gasteiger partial charge in [-0.25, -0.2) is 4.79 Å². The van der Waals surface area contributed by atoms with Gasteiger partial charge in [-0.15, -0.1) is 0 Å². The number of nitrogens with zero attached hydrogens (tertiary/aromatic N) is 1. The Balaban J connectivity index is 1.86. The molecule has 2 amide bonds. The molecular formula is C15H25N3O. The lowest BCUT2D eigenvalue weighted by molar-refractivity contribution is 0.221.